The summed E-state index contributed by atoms with van der Waals surface area (Å²) in [7, 11) is -2.84. The number of hydrogen-bond donors (Lipinski definition) is 0. The average molecular weight is 786 g/mol. The summed E-state index contributed by atoms with van der Waals surface area (Å²) in [5.41, 5.74) is 10.2. The molecule has 0 saturated heterocycles. The summed E-state index contributed by atoms with van der Waals surface area (Å²) < 4.78 is 0. The van der Waals surface area contributed by atoms with E-state index in [1.165, 1.54) is 39.0 Å². The van der Waals surface area contributed by atoms with Gasteiger partial charge in [-0.1, -0.05) is 180 Å². The van der Waals surface area contributed by atoms with Crippen LogP contribution >= 0.6 is 0 Å². The van der Waals surface area contributed by atoms with Crippen molar-refractivity contribution in [1.82, 2.24) is 0 Å². The third-order valence-corrected chi connectivity index (χ3v) is 15.1. The monoisotopic (exact) mass is 784 g/mol. The van der Waals surface area contributed by atoms with Gasteiger partial charge >= 0.3 is 21.7 Å². The van der Waals surface area contributed by atoms with E-state index in [9.17, 15) is 0 Å². The average Bonchev–Trinajstić information content (AvgIpc) is 3.48. The summed E-state index contributed by atoms with van der Waals surface area (Å²) in [5, 5.41) is 6.26. The van der Waals surface area contributed by atoms with Crippen LogP contribution in [0.2, 0.25) is 0 Å². The molecule has 0 unspecified atom stereocenters. The number of benzene rings is 3. The molecule has 0 saturated carbocycles. The summed E-state index contributed by atoms with van der Waals surface area (Å²) >= 11 is 0. The van der Waals surface area contributed by atoms with Crippen molar-refractivity contribution in [2.75, 3.05) is 0 Å². The summed E-state index contributed by atoms with van der Waals surface area (Å²) in [6, 6.07) is 23.2. The molecule has 50 heavy (non-hydrogen) atoms. The van der Waals surface area contributed by atoms with Gasteiger partial charge in [-0.15, -0.1) is 0 Å². The van der Waals surface area contributed by atoms with E-state index < -0.39 is 8.07 Å². The standard InChI is InChI=1S/C45H63Si.3ClH.Ti/c1-28(2)34-19-35(29(3)4)23-40(22-34)46(44-18-16-17-43(44)45(13,14)15,41-24-36(30(5)6)20-37(25-41)31(7)8)42-26-38(32(9)10)21-39(27-42)33(11)12;;;;/h16,19-33H,18H2,1-15H3;3*1H;/q-1;;;;+4/p-3. The second-order valence-corrected chi connectivity index (χ2v) is 20.8. The van der Waals surface area contributed by atoms with Gasteiger partial charge in [-0.25, -0.2) is 10.8 Å². The fourth-order valence-corrected chi connectivity index (χ4v) is 12.7. The Balaban J connectivity index is 0.00000600. The van der Waals surface area contributed by atoms with Crippen LogP contribution in [0, 0.1) is 11.5 Å². The van der Waals surface area contributed by atoms with Crippen molar-refractivity contribution in [3.8, 4) is 0 Å². The molecule has 0 bridgehead atoms. The quantitative estimate of drug-likeness (QED) is 0.169. The predicted molar refractivity (Wildman–Crippen MR) is 207 cm³/mol. The van der Waals surface area contributed by atoms with Crippen molar-refractivity contribution in [3.05, 3.63) is 111 Å². The molecule has 0 fully saturated rings. The van der Waals surface area contributed by atoms with Gasteiger partial charge in [0.15, 0.2) is 0 Å². The topological polar surface area (TPSA) is 0 Å². The van der Waals surface area contributed by atoms with Crippen molar-refractivity contribution in [2.45, 2.75) is 146 Å². The van der Waals surface area contributed by atoms with E-state index in [-0.39, 0.29) is 64.4 Å². The largest absolute Gasteiger partial charge is 4.00 e. The molecule has 3 aromatic rings. The molecule has 5 heteroatoms. The van der Waals surface area contributed by atoms with Crippen molar-refractivity contribution in [3.63, 3.8) is 0 Å². The van der Waals surface area contributed by atoms with Crippen molar-refractivity contribution < 1.29 is 58.9 Å². The van der Waals surface area contributed by atoms with E-state index in [0.717, 1.165) is 6.42 Å². The Morgan fingerprint density at radius 3 is 0.900 bits per heavy atom. The van der Waals surface area contributed by atoms with E-state index in [2.05, 4.69) is 171 Å². The maximum atomic E-state index is 3.87. The van der Waals surface area contributed by atoms with Crippen LogP contribution in [-0.2, 0) is 21.7 Å². The minimum absolute atomic E-state index is 0. The summed E-state index contributed by atoms with van der Waals surface area (Å²) in [4.78, 5) is 0. The first-order valence-corrected chi connectivity index (χ1v) is 20.2. The Labute approximate surface area is 342 Å². The molecular weight excluding hydrogens is 723 g/mol. The molecule has 1 aliphatic carbocycles. The smallest absolute Gasteiger partial charge is 1.00 e. The van der Waals surface area contributed by atoms with Gasteiger partial charge in [0, 0.05) is 0 Å². The van der Waals surface area contributed by atoms with E-state index >= 15 is 0 Å². The SMILES string of the molecule is CC(C)c1cc(C(C)C)cc([Si](C2=C(C(C)(C)C)[C-]=CC2)(c2cc(C(C)C)cc(C(C)C)c2)c2cc(C(C)C)cc(C(C)C)c2)c1.[Cl-].[Cl-].[Cl-].[Ti+4]. The zero-order chi connectivity index (χ0) is 34.3. The number of halogens is 3. The van der Waals surface area contributed by atoms with Gasteiger partial charge in [0.1, 0.15) is 0 Å². The van der Waals surface area contributed by atoms with Crippen LogP contribution in [0.4, 0.5) is 0 Å². The maximum absolute atomic E-state index is 3.87. The Hall–Kier alpha value is -1.06. The van der Waals surface area contributed by atoms with Crippen LogP contribution in [0.1, 0.15) is 179 Å². The second-order valence-electron chi connectivity index (χ2n) is 17.0. The summed E-state index contributed by atoms with van der Waals surface area (Å²) in [5.74, 6) is 2.72. The van der Waals surface area contributed by atoms with E-state index in [0.29, 0.717) is 35.5 Å². The molecule has 0 radical (unpaired) electrons. The van der Waals surface area contributed by atoms with Crippen molar-refractivity contribution in [2.24, 2.45) is 5.41 Å². The Bertz CT molecular complexity index is 1390. The predicted octanol–water partition coefficient (Wildman–Crippen LogP) is 2.55. The fraction of sp³-hybridized carbons (Fsp3) is 0.511. The minimum Gasteiger partial charge on any atom is -1.00 e. The molecule has 4 rings (SSSR count). The zero-order valence-corrected chi connectivity index (χ0v) is 38.4. The Kier molecular flexibility index (Phi) is 18.9. The normalized spacial score (nSPS) is 13.3. The molecule has 0 N–H and O–H groups in total. The zero-order valence-electron chi connectivity index (χ0n) is 33.6. The number of allylic oxidation sites excluding steroid dienone is 4. The molecule has 3 aromatic carbocycles. The van der Waals surface area contributed by atoms with Crippen molar-refractivity contribution in [1.29, 1.82) is 0 Å². The number of hydrogen-bond acceptors (Lipinski definition) is 0. The van der Waals surface area contributed by atoms with E-state index in [1.54, 1.807) is 20.8 Å². The third-order valence-electron chi connectivity index (χ3n) is 10.3. The third kappa shape index (κ3) is 10.1. The van der Waals surface area contributed by atoms with E-state index in [1.807, 2.05) is 0 Å². The van der Waals surface area contributed by atoms with Crippen LogP contribution in [0.5, 0.6) is 0 Å². The van der Waals surface area contributed by atoms with Crippen LogP contribution in [0.25, 0.3) is 0 Å². The maximum Gasteiger partial charge on any atom is 4.00 e. The number of rotatable bonds is 10. The molecule has 1 aliphatic rings. The molecule has 0 heterocycles. The van der Waals surface area contributed by atoms with Crippen LogP contribution in [0.3, 0.4) is 0 Å². The van der Waals surface area contributed by atoms with Crippen LogP contribution < -0.4 is 52.8 Å². The Morgan fingerprint density at radius 2 is 0.700 bits per heavy atom. The van der Waals surface area contributed by atoms with Gasteiger partial charge in [-0.3, -0.25) is 6.08 Å². The first-order valence-electron chi connectivity index (χ1n) is 18.2. The van der Waals surface area contributed by atoms with Gasteiger partial charge in [0.25, 0.3) is 0 Å². The molecule has 0 atom stereocenters. The molecule has 272 valence electrons. The van der Waals surface area contributed by atoms with E-state index in [4.69, 9.17) is 0 Å². The molecule has 0 nitrogen and oxygen atoms in total. The molecule has 0 amide bonds. The van der Waals surface area contributed by atoms with Crippen LogP contribution in [-0.4, -0.2) is 8.07 Å². The van der Waals surface area contributed by atoms with Gasteiger partial charge in [0.2, 0.25) is 0 Å². The fourth-order valence-electron chi connectivity index (χ4n) is 7.16. The first kappa shape index (κ1) is 48.9. The van der Waals surface area contributed by atoms with Crippen LogP contribution in [0.15, 0.2) is 71.4 Å². The first-order chi connectivity index (χ1) is 21.4. The summed E-state index contributed by atoms with van der Waals surface area (Å²) in [6.45, 7) is 35.6. The Morgan fingerprint density at radius 1 is 0.460 bits per heavy atom. The van der Waals surface area contributed by atoms with Gasteiger partial charge in [-0.05, 0) is 74.3 Å². The molecular formula is C45H63Cl3SiTi. The second kappa shape index (κ2) is 19.3. The molecule has 0 aromatic heterocycles. The van der Waals surface area contributed by atoms with Crippen molar-refractivity contribution >= 4 is 23.6 Å². The molecule has 0 spiro atoms. The minimum atomic E-state index is -2.84. The van der Waals surface area contributed by atoms with Gasteiger partial charge in [0.05, 0.1) is 8.07 Å². The summed E-state index contributed by atoms with van der Waals surface area (Å²) in [6.07, 6.45) is 7.19. The van der Waals surface area contributed by atoms with Gasteiger partial charge < -0.3 is 37.2 Å². The molecule has 0 aliphatic heterocycles. The van der Waals surface area contributed by atoms with Gasteiger partial charge in [-0.2, -0.15) is 6.08 Å².